The normalized spacial score (nSPS) is 20.8. The fraction of sp³-hybridized carbons (Fsp3) is 0.929. The molecule has 0 aromatic carbocycles. The molecule has 1 saturated carbocycles. The van der Waals surface area contributed by atoms with E-state index in [1.54, 1.807) is 0 Å². The lowest BCUT2D eigenvalue weighted by Gasteiger charge is -2.24. The van der Waals surface area contributed by atoms with E-state index in [1.165, 1.54) is 37.9 Å². The Morgan fingerprint density at radius 2 is 2.06 bits per heavy atom. The molecule has 0 amide bonds. The summed E-state index contributed by atoms with van der Waals surface area (Å²) in [4.78, 5) is 0. The van der Waals surface area contributed by atoms with E-state index >= 15 is 0 Å². The van der Waals surface area contributed by atoms with Gasteiger partial charge in [-0.15, -0.1) is 0 Å². The van der Waals surface area contributed by atoms with Gasteiger partial charge in [0.25, 0.3) is 0 Å². The van der Waals surface area contributed by atoms with Gasteiger partial charge in [-0.2, -0.15) is 17.0 Å². The van der Waals surface area contributed by atoms with Gasteiger partial charge in [0.1, 0.15) is 5.54 Å². The molecule has 0 spiro atoms. The van der Waals surface area contributed by atoms with Crippen LogP contribution in [0, 0.1) is 11.3 Å². The van der Waals surface area contributed by atoms with E-state index in [1.807, 2.05) is 6.92 Å². The largest absolute Gasteiger partial charge is 0.300 e. The topological polar surface area (TPSA) is 35.8 Å². The first-order valence-electron chi connectivity index (χ1n) is 6.98. The van der Waals surface area contributed by atoms with Crippen LogP contribution in [0.15, 0.2) is 0 Å². The number of nitrogens with zero attached hydrogens (tertiary/aromatic N) is 1. The zero-order valence-corrected chi connectivity index (χ0v) is 12.1. The molecule has 3 heteroatoms. The molecule has 2 nitrogen and oxygen atoms in total. The summed E-state index contributed by atoms with van der Waals surface area (Å²) in [6.45, 7) is 4.95. The average Bonchev–Trinajstić information content (AvgIpc) is 2.36. The minimum absolute atomic E-state index is 0.318. The Balaban J connectivity index is 2.12. The highest BCUT2D eigenvalue weighted by molar-refractivity contribution is 7.99. The second-order valence-corrected chi connectivity index (χ2v) is 6.62. The Kier molecular flexibility index (Phi) is 6.99. The molecular formula is C14H26N2S. The molecule has 1 unspecified atom stereocenters. The third kappa shape index (κ3) is 5.79. The first-order valence-corrected chi connectivity index (χ1v) is 8.03. The highest BCUT2D eigenvalue weighted by atomic mass is 32.2. The summed E-state index contributed by atoms with van der Waals surface area (Å²) in [5, 5.41) is 13.3. The first-order chi connectivity index (χ1) is 8.20. The van der Waals surface area contributed by atoms with Crippen molar-refractivity contribution in [1.82, 2.24) is 5.32 Å². The van der Waals surface area contributed by atoms with E-state index in [9.17, 15) is 0 Å². The van der Waals surface area contributed by atoms with Crippen molar-refractivity contribution in [3.63, 3.8) is 0 Å². The van der Waals surface area contributed by atoms with E-state index in [0.29, 0.717) is 0 Å². The monoisotopic (exact) mass is 254 g/mol. The van der Waals surface area contributed by atoms with Crippen molar-refractivity contribution in [3.8, 4) is 6.07 Å². The highest BCUT2D eigenvalue weighted by Crippen LogP contribution is 2.29. The van der Waals surface area contributed by atoms with E-state index in [0.717, 1.165) is 24.6 Å². The molecule has 0 aromatic rings. The summed E-state index contributed by atoms with van der Waals surface area (Å²) < 4.78 is 0. The zero-order chi connectivity index (χ0) is 12.6. The highest BCUT2D eigenvalue weighted by Gasteiger charge is 2.21. The molecule has 0 heterocycles. The van der Waals surface area contributed by atoms with Crippen LogP contribution in [0.4, 0.5) is 0 Å². The second kappa shape index (κ2) is 8.00. The summed E-state index contributed by atoms with van der Waals surface area (Å²) >= 11 is 2.13. The van der Waals surface area contributed by atoms with Gasteiger partial charge < -0.3 is 0 Å². The molecule has 0 aromatic heterocycles. The number of nitriles is 1. The molecular weight excluding hydrogens is 228 g/mol. The number of rotatable bonds is 7. The van der Waals surface area contributed by atoms with Crippen molar-refractivity contribution in [3.05, 3.63) is 0 Å². The fourth-order valence-electron chi connectivity index (χ4n) is 2.48. The Hall–Kier alpha value is -0.200. The van der Waals surface area contributed by atoms with Gasteiger partial charge in [0.15, 0.2) is 0 Å². The Bertz CT molecular complexity index is 243. The Labute approximate surface area is 111 Å². The molecule has 0 bridgehead atoms. The van der Waals surface area contributed by atoms with Gasteiger partial charge in [-0.3, -0.25) is 5.32 Å². The third-order valence-electron chi connectivity index (χ3n) is 3.54. The van der Waals surface area contributed by atoms with Gasteiger partial charge in [-0.05, 0) is 44.9 Å². The molecule has 1 aliphatic carbocycles. The Morgan fingerprint density at radius 3 is 2.65 bits per heavy atom. The van der Waals surface area contributed by atoms with Crippen LogP contribution < -0.4 is 5.32 Å². The number of nitrogens with one attached hydrogen (secondary N) is 1. The van der Waals surface area contributed by atoms with Gasteiger partial charge in [0.2, 0.25) is 0 Å². The van der Waals surface area contributed by atoms with E-state index in [2.05, 4.69) is 30.1 Å². The van der Waals surface area contributed by atoms with Crippen molar-refractivity contribution in [2.45, 2.75) is 69.6 Å². The van der Waals surface area contributed by atoms with Crippen LogP contribution in [0.1, 0.15) is 58.8 Å². The molecule has 98 valence electrons. The summed E-state index contributed by atoms with van der Waals surface area (Å²) in [7, 11) is 0. The number of hydrogen-bond acceptors (Lipinski definition) is 3. The Morgan fingerprint density at radius 1 is 1.35 bits per heavy atom. The summed E-state index contributed by atoms with van der Waals surface area (Å²) in [6.07, 6.45) is 9.22. The van der Waals surface area contributed by atoms with Crippen LogP contribution in [0.25, 0.3) is 0 Å². The molecule has 17 heavy (non-hydrogen) atoms. The molecule has 1 rings (SSSR count). The maximum atomic E-state index is 9.15. The fourth-order valence-corrected chi connectivity index (χ4v) is 3.79. The summed E-state index contributed by atoms with van der Waals surface area (Å²) in [5.41, 5.74) is -0.318. The number of hydrogen-bond donors (Lipinski definition) is 1. The number of thioether (sulfide) groups is 1. The zero-order valence-electron chi connectivity index (χ0n) is 11.3. The van der Waals surface area contributed by atoms with E-state index < -0.39 is 0 Å². The van der Waals surface area contributed by atoms with Crippen molar-refractivity contribution in [2.75, 3.05) is 12.3 Å². The molecule has 1 fully saturated rings. The maximum absolute atomic E-state index is 9.15. The van der Waals surface area contributed by atoms with Crippen LogP contribution in [-0.2, 0) is 0 Å². The quantitative estimate of drug-likeness (QED) is 0.703. The molecule has 0 aliphatic heterocycles. The van der Waals surface area contributed by atoms with Crippen molar-refractivity contribution in [1.29, 1.82) is 5.26 Å². The lowest BCUT2D eigenvalue weighted by molar-refractivity contribution is 0.426. The predicted octanol–water partition coefficient (Wildman–Crippen LogP) is 3.72. The average molecular weight is 254 g/mol. The molecule has 0 radical (unpaired) electrons. The SMILES string of the molecule is CCNC(C)(C#N)CCCSC1CCCCC1. The summed E-state index contributed by atoms with van der Waals surface area (Å²) in [6, 6.07) is 2.40. The van der Waals surface area contributed by atoms with Gasteiger partial charge in [0, 0.05) is 5.25 Å². The van der Waals surface area contributed by atoms with E-state index in [-0.39, 0.29) is 5.54 Å². The smallest absolute Gasteiger partial charge is 0.103 e. The van der Waals surface area contributed by atoms with Gasteiger partial charge >= 0.3 is 0 Å². The lowest BCUT2D eigenvalue weighted by atomic mass is 9.98. The van der Waals surface area contributed by atoms with Crippen LogP contribution in [0.3, 0.4) is 0 Å². The predicted molar refractivity (Wildman–Crippen MR) is 76.3 cm³/mol. The maximum Gasteiger partial charge on any atom is 0.103 e. The van der Waals surface area contributed by atoms with Crippen molar-refractivity contribution < 1.29 is 0 Å². The van der Waals surface area contributed by atoms with Crippen molar-refractivity contribution >= 4 is 11.8 Å². The van der Waals surface area contributed by atoms with Gasteiger partial charge in [-0.1, -0.05) is 26.2 Å². The molecule has 0 saturated heterocycles. The van der Waals surface area contributed by atoms with Crippen molar-refractivity contribution in [2.24, 2.45) is 0 Å². The minimum Gasteiger partial charge on any atom is -0.300 e. The second-order valence-electron chi connectivity index (χ2n) is 5.21. The van der Waals surface area contributed by atoms with Gasteiger partial charge in [0.05, 0.1) is 6.07 Å². The van der Waals surface area contributed by atoms with Gasteiger partial charge in [-0.25, -0.2) is 0 Å². The molecule has 1 aliphatic rings. The third-order valence-corrected chi connectivity index (χ3v) is 5.01. The van der Waals surface area contributed by atoms with E-state index in [4.69, 9.17) is 5.26 Å². The first kappa shape index (κ1) is 14.9. The minimum atomic E-state index is -0.318. The van der Waals surface area contributed by atoms with Crippen LogP contribution in [0.5, 0.6) is 0 Å². The van der Waals surface area contributed by atoms with Crippen LogP contribution in [0.2, 0.25) is 0 Å². The molecule has 1 N–H and O–H groups in total. The molecule has 1 atom stereocenters. The summed E-state index contributed by atoms with van der Waals surface area (Å²) in [5.74, 6) is 1.22. The van der Waals surface area contributed by atoms with Crippen LogP contribution in [-0.4, -0.2) is 23.1 Å². The van der Waals surface area contributed by atoms with Crippen LogP contribution >= 0.6 is 11.8 Å². The lowest BCUT2D eigenvalue weighted by Crippen LogP contribution is -2.40. The standard InChI is InChI=1S/C14H26N2S/c1-3-16-14(2,12-15)10-7-11-17-13-8-5-4-6-9-13/h13,16H,3-11H2,1-2H3.